The fourth-order valence-electron chi connectivity index (χ4n) is 3.58. The van der Waals surface area contributed by atoms with Gasteiger partial charge in [0.05, 0.1) is 18.0 Å². The average molecular weight is 559 g/mol. The van der Waals surface area contributed by atoms with E-state index in [0.717, 1.165) is 17.7 Å². The van der Waals surface area contributed by atoms with Gasteiger partial charge in [0.2, 0.25) is 0 Å². The van der Waals surface area contributed by atoms with Crippen molar-refractivity contribution in [2.24, 2.45) is 0 Å². The highest BCUT2D eigenvalue weighted by atomic mass is 35.5. The van der Waals surface area contributed by atoms with Crippen molar-refractivity contribution >= 4 is 69.6 Å². The van der Waals surface area contributed by atoms with Gasteiger partial charge in [-0.2, -0.15) is 0 Å². The van der Waals surface area contributed by atoms with E-state index in [4.69, 9.17) is 39.5 Å². The lowest BCUT2D eigenvalue weighted by atomic mass is 10.1. The maximum absolute atomic E-state index is 13.0. The minimum absolute atomic E-state index is 0.0990. The predicted octanol–water partition coefficient (Wildman–Crippen LogP) is 6.86. The van der Waals surface area contributed by atoms with E-state index in [0.29, 0.717) is 29.3 Å². The molecule has 0 spiro atoms. The number of imide groups is 1. The summed E-state index contributed by atoms with van der Waals surface area (Å²) in [6.45, 7) is 2.64. The Labute approximate surface area is 229 Å². The third kappa shape index (κ3) is 6.07. The Morgan fingerprint density at radius 3 is 2.27 bits per heavy atom. The smallest absolute Gasteiger partial charge is 0.283 e. The molecule has 2 N–H and O–H groups in total. The first-order chi connectivity index (χ1) is 17.8. The second-order valence-corrected chi connectivity index (χ2v) is 9.37. The van der Waals surface area contributed by atoms with E-state index < -0.39 is 11.8 Å². The van der Waals surface area contributed by atoms with Crippen LogP contribution in [0, 0.1) is 0 Å². The number of hydrogen-bond acceptors (Lipinski definition) is 5. The number of ether oxygens (including phenoxy) is 1. The van der Waals surface area contributed by atoms with Gasteiger partial charge in [0.25, 0.3) is 17.7 Å². The average Bonchev–Trinajstić information content (AvgIpc) is 3.08. The largest absolute Gasteiger partial charge is 0.491 e. The van der Waals surface area contributed by atoms with Crippen LogP contribution in [0.2, 0.25) is 10.0 Å². The summed E-state index contributed by atoms with van der Waals surface area (Å²) in [5.41, 5.74) is 1.52. The van der Waals surface area contributed by atoms with Gasteiger partial charge in [0.15, 0.2) is 0 Å². The fraction of sp³-hybridized carbons (Fsp3) is 0.148. The molecule has 190 valence electrons. The maximum atomic E-state index is 13.0. The van der Waals surface area contributed by atoms with Gasteiger partial charge < -0.3 is 15.4 Å². The van der Waals surface area contributed by atoms with Crippen LogP contribution in [0.4, 0.5) is 17.1 Å². The van der Waals surface area contributed by atoms with Gasteiger partial charge in [-0.15, -0.1) is 0 Å². The summed E-state index contributed by atoms with van der Waals surface area (Å²) in [5, 5.41) is 5.99. The summed E-state index contributed by atoms with van der Waals surface area (Å²) in [5.74, 6) is -1.09. The lowest BCUT2D eigenvalue weighted by Gasteiger charge is -2.16. The molecule has 0 aromatic heterocycles. The Hall–Kier alpha value is -3.52. The van der Waals surface area contributed by atoms with Crippen molar-refractivity contribution in [2.45, 2.75) is 19.8 Å². The molecule has 10 heteroatoms. The number of para-hydroxylation sites is 2. The molecule has 1 aliphatic rings. The van der Waals surface area contributed by atoms with Gasteiger partial charge in [-0.3, -0.25) is 14.4 Å². The van der Waals surface area contributed by atoms with Crippen molar-refractivity contribution in [1.29, 1.82) is 0 Å². The number of carbonyl (C=O) groups is 3. The molecule has 4 rings (SSSR count). The zero-order chi connectivity index (χ0) is 26.5. The third-order valence-electron chi connectivity index (χ3n) is 5.44. The number of anilines is 3. The SMILES string of the molecule is CCCCOc1ccccc1NC(=O)c1ccc(NC2=C(Cl)C(=O)N(c3cc(Cl)cc(Cl)c3)C2=O)cc1. The Morgan fingerprint density at radius 2 is 1.59 bits per heavy atom. The van der Waals surface area contributed by atoms with E-state index in [9.17, 15) is 14.4 Å². The standard InChI is InChI=1S/C27H22Cl3N3O4/c1-2-3-12-37-22-7-5-4-6-21(22)32-25(34)16-8-10-19(11-9-16)31-24-23(30)26(35)33(27(24)36)20-14-17(28)13-18(29)15-20/h4-11,13-15,31H,2-3,12H2,1H3,(H,32,34). The molecule has 0 bridgehead atoms. The predicted molar refractivity (Wildman–Crippen MR) is 147 cm³/mol. The minimum Gasteiger partial charge on any atom is -0.491 e. The quantitative estimate of drug-likeness (QED) is 0.221. The number of carbonyl (C=O) groups excluding carboxylic acids is 3. The number of unbranched alkanes of at least 4 members (excludes halogenated alkanes) is 1. The van der Waals surface area contributed by atoms with Crippen molar-refractivity contribution in [3.8, 4) is 5.75 Å². The summed E-state index contributed by atoms with van der Waals surface area (Å²) in [6.07, 6.45) is 1.92. The van der Waals surface area contributed by atoms with Gasteiger partial charge in [-0.1, -0.05) is 60.3 Å². The molecule has 1 heterocycles. The number of nitrogens with zero attached hydrogens (tertiary/aromatic N) is 1. The van der Waals surface area contributed by atoms with E-state index in [1.165, 1.54) is 18.2 Å². The van der Waals surface area contributed by atoms with Crippen LogP contribution in [0.3, 0.4) is 0 Å². The first-order valence-electron chi connectivity index (χ1n) is 11.4. The second kappa shape index (κ2) is 11.7. The molecule has 3 amide bonds. The highest BCUT2D eigenvalue weighted by Crippen LogP contribution is 2.33. The first-order valence-corrected chi connectivity index (χ1v) is 12.6. The molecule has 0 unspecified atom stereocenters. The summed E-state index contributed by atoms with van der Waals surface area (Å²) in [7, 11) is 0. The van der Waals surface area contributed by atoms with E-state index in [2.05, 4.69) is 17.6 Å². The topological polar surface area (TPSA) is 87.7 Å². The number of halogens is 3. The van der Waals surface area contributed by atoms with Gasteiger partial charge >= 0.3 is 0 Å². The second-order valence-electron chi connectivity index (χ2n) is 8.12. The van der Waals surface area contributed by atoms with Crippen LogP contribution in [0.1, 0.15) is 30.1 Å². The van der Waals surface area contributed by atoms with Crippen LogP contribution in [0.5, 0.6) is 5.75 Å². The summed E-state index contributed by atoms with van der Waals surface area (Å²) < 4.78 is 5.77. The van der Waals surface area contributed by atoms with Crippen molar-refractivity contribution in [3.05, 3.63) is 93.1 Å². The van der Waals surface area contributed by atoms with E-state index in [1.807, 2.05) is 12.1 Å². The summed E-state index contributed by atoms with van der Waals surface area (Å²) in [4.78, 5) is 39.4. The molecule has 0 saturated heterocycles. The zero-order valence-corrected chi connectivity index (χ0v) is 22.0. The van der Waals surface area contributed by atoms with Crippen LogP contribution in [-0.4, -0.2) is 24.3 Å². The molecular weight excluding hydrogens is 537 g/mol. The number of hydrogen-bond donors (Lipinski definition) is 2. The van der Waals surface area contributed by atoms with E-state index in [1.54, 1.807) is 36.4 Å². The Morgan fingerprint density at radius 1 is 0.919 bits per heavy atom. The Bertz CT molecular complexity index is 1370. The van der Waals surface area contributed by atoms with Crippen molar-refractivity contribution < 1.29 is 19.1 Å². The fourth-order valence-corrected chi connectivity index (χ4v) is 4.31. The van der Waals surface area contributed by atoms with Gasteiger partial charge in [0, 0.05) is 21.3 Å². The van der Waals surface area contributed by atoms with Gasteiger partial charge in [-0.05, 0) is 61.0 Å². The Balaban J connectivity index is 1.46. The highest BCUT2D eigenvalue weighted by molar-refractivity contribution is 6.53. The van der Waals surface area contributed by atoms with Crippen LogP contribution >= 0.6 is 34.8 Å². The molecule has 3 aromatic carbocycles. The van der Waals surface area contributed by atoms with E-state index >= 15 is 0 Å². The van der Waals surface area contributed by atoms with Crippen molar-refractivity contribution in [2.75, 3.05) is 22.1 Å². The molecule has 0 radical (unpaired) electrons. The van der Waals surface area contributed by atoms with Crippen LogP contribution < -0.4 is 20.3 Å². The zero-order valence-electron chi connectivity index (χ0n) is 19.7. The molecule has 0 aliphatic carbocycles. The third-order valence-corrected chi connectivity index (χ3v) is 6.23. The summed E-state index contributed by atoms with van der Waals surface area (Å²) in [6, 6.07) is 18.0. The molecule has 0 saturated carbocycles. The number of amides is 3. The molecular formula is C27H22Cl3N3O4. The highest BCUT2D eigenvalue weighted by Gasteiger charge is 2.39. The monoisotopic (exact) mass is 557 g/mol. The lowest BCUT2D eigenvalue weighted by Crippen LogP contribution is -2.32. The minimum atomic E-state index is -0.705. The maximum Gasteiger partial charge on any atom is 0.283 e. The lowest BCUT2D eigenvalue weighted by molar-refractivity contribution is -0.120. The number of benzene rings is 3. The van der Waals surface area contributed by atoms with Gasteiger partial charge in [-0.25, -0.2) is 4.90 Å². The molecule has 3 aromatic rings. The molecule has 0 fully saturated rings. The molecule has 37 heavy (non-hydrogen) atoms. The van der Waals surface area contributed by atoms with Crippen molar-refractivity contribution in [1.82, 2.24) is 0 Å². The van der Waals surface area contributed by atoms with Crippen molar-refractivity contribution in [3.63, 3.8) is 0 Å². The Kier molecular flexibility index (Phi) is 8.38. The first kappa shape index (κ1) is 26.5. The molecule has 0 atom stereocenters. The number of nitrogens with one attached hydrogen (secondary N) is 2. The molecule has 1 aliphatic heterocycles. The van der Waals surface area contributed by atoms with Gasteiger partial charge in [0.1, 0.15) is 16.5 Å². The van der Waals surface area contributed by atoms with E-state index in [-0.39, 0.29) is 32.4 Å². The normalized spacial score (nSPS) is 13.2. The van der Waals surface area contributed by atoms with Crippen LogP contribution in [0.15, 0.2) is 77.5 Å². The van der Waals surface area contributed by atoms with Crippen LogP contribution in [-0.2, 0) is 9.59 Å². The van der Waals surface area contributed by atoms with Crippen LogP contribution in [0.25, 0.3) is 0 Å². The number of rotatable bonds is 9. The summed E-state index contributed by atoms with van der Waals surface area (Å²) >= 11 is 18.2. The molecule has 7 nitrogen and oxygen atoms in total.